The van der Waals surface area contributed by atoms with Gasteiger partial charge in [0.25, 0.3) is 0 Å². The van der Waals surface area contributed by atoms with Crippen LogP contribution in [0.5, 0.6) is 0 Å². The van der Waals surface area contributed by atoms with Crippen LogP contribution in [0.15, 0.2) is 0 Å². The predicted octanol–water partition coefficient (Wildman–Crippen LogP) is 1.52. The Bertz CT molecular complexity index is 320. The van der Waals surface area contributed by atoms with Crippen LogP contribution in [-0.2, 0) is 4.74 Å². The first kappa shape index (κ1) is 14.8. The number of piperidine rings is 1. The number of nitrogens with zero attached hydrogens (tertiary/aromatic N) is 1. The molecule has 0 aromatic carbocycles. The summed E-state index contributed by atoms with van der Waals surface area (Å²) in [7, 11) is 0. The Kier molecular flexibility index (Phi) is 4.65. The maximum absolute atomic E-state index is 9.84. The van der Waals surface area contributed by atoms with E-state index in [1.165, 1.54) is 38.6 Å². The maximum Gasteiger partial charge on any atom is 0.0702 e. The van der Waals surface area contributed by atoms with Gasteiger partial charge in [-0.3, -0.25) is 4.90 Å². The molecular formula is C16H30N2O2. The zero-order chi connectivity index (χ0) is 14.0. The van der Waals surface area contributed by atoms with Gasteiger partial charge in [0.05, 0.1) is 12.7 Å². The van der Waals surface area contributed by atoms with Crippen molar-refractivity contribution in [2.45, 2.75) is 75.6 Å². The second-order valence-electron chi connectivity index (χ2n) is 6.97. The Morgan fingerprint density at radius 2 is 2.15 bits per heavy atom. The normalized spacial score (nSPS) is 39.3. The van der Waals surface area contributed by atoms with Crippen molar-refractivity contribution in [1.29, 1.82) is 0 Å². The predicted molar refractivity (Wildman–Crippen MR) is 79.8 cm³/mol. The van der Waals surface area contributed by atoms with Crippen molar-refractivity contribution >= 4 is 0 Å². The number of ether oxygens (including phenoxy) is 1. The molecule has 1 aliphatic heterocycles. The van der Waals surface area contributed by atoms with Gasteiger partial charge in [-0.1, -0.05) is 0 Å². The van der Waals surface area contributed by atoms with E-state index >= 15 is 0 Å². The smallest absolute Gasteiger partial charge is 0.0702 e. The molecule has 0 radical (unpaired) electrons. The summed E-state index contributed by atoms with van der Waals surface area (Å²) >= 11 is 0. The fraction of sp³-hybridized carbons (Fsp3) is 1.00. The van der Waals surface area contributed by atoms with E-state index in [1.807, 2.05) is 0 Å². The highest BCUT2D eigenvalue weighted by atomic mass is 16.5. The van der Waals surface area contributed by atoms with Gasteiger partial charge in [0, 0.05) is 30.8 Å². The minimum absolute atomic E-state index is 0.00436. The minimum Gasteiger partial charge on any atom is -0.394 e. The number of likely N-dealkylation sites (tertiary alicyclic amines) is 1. The van der Waals surface area contributed by atoms with Crippen LogP contribution in [0.4, 0.5) is 0 Å². The van der Waals surface area contributed by atoms with E-state index in [0.717, 1.165) is 26.0 Å². The van der Waals surface area contributed by atoms with Gasteiger partial charge in [0.15, 0.2) is 0 Å². The average Bonchev–Trinajstić information content (AvgIpc) is 3.17. The highest BCUT2D eigenvalue weighted by Crippen LogP contribution is 2.37. The van der Waals surface area contributed by atoms with Crippen molar-refractivity contribution in [1.82, 2.24) is 10.2 Å². The standard InChI is InChI=1S/C16H30N2O2/c1-2-20-15-4-3-9-18(11-15)14-7-8-16(10-14,12-19)17-13-5-6-13/h13-15,17,19H,2-12H2,1H3. The van der Waals surface area contributed by atoms with E-state index < -0.39 is 0 Å². The zero-order valence-electron chi connectivity index (χ0n) is 12.8. The van der Waals surface area contributed by atoms with Crippen molar-refractivity contribution in [3.05, 3.63) is 0 Å². The molecule has 3 rings (SSSR count). The molecule has 4 heteroatoms. The molecule has 2 N–H and O–H groups in total. The quantitative estimate of drug-likeness (QED) is 0.775. The molecule has 0 aromatic heterocycles. The first-order chi connectivity index (χ1) is 9.74. The van der Waals surface area contributed by atoms with E-state index in [0.29, 0.717) is 24.8 Å². The van der Waals surface area contributed by atoms with Crippen LogP contribution in [-0.4, -0.2) is 60.0 Å². The van der Waals surface area contributed by atoms with Gasteiger partial charge in [-0.15, -0.1) is 0 Å². The summed E-state index contributed by atoms with van der Waals surface area (Å²) in [5.74, 6) is 0. The SMILES string of the molecule is CCOC1CCCN(C2CCC(CO)(NC3CC3)C2)C1. The lowest BCUT2D eigenvalue weighted by atomic mass is 9.97. The molecule has 0 spiro atoms. The summed E-state index contributed by atoms with van der Waals surface area (Å²) in [6.07, 6.45) is 8.93. The molecule has 20 heavy (non-hydrogen) atoms. The van der Waals surface area contributed by atoms with Gasteiger partial charge in [-0.05, 0) is 58.4 Å². The average molecular weight is 282 g/mol. The summed E-state index contributed by atoms with van der Waals surface area (Å²) in [5.41, 5.74) is 0.00436. The van der Waals surface area contributed by atoms with Gasteiger partial charge in [-0.25, -0.2) is 0 Å². The molecule has 3 unspecified atom stereocenters. The molecule has 2 aliphatic carbocycles. The zero-order valence-corrected chi connectivity index (χ0v) is 12.8. The summed E-state index contributed by atoms with van der Waals surface area (Å²) < 4.78 is 5.82. The third-order valence-corrected chi connectivity index (χ3v) is 5.30. The van der Waals surface area contributed by atoms with E-state index in [4.69, 9.17) is 4.74 Å². The second-order valence-corrected chi connectivity index (χ2v) is 6.97. The molecule has 3 fully saturated rings. The molecule has 1 saturated heterocycles. The maximum atomic E-state index is 9.84. The molecule has 0 bridgehead atoms. The number of hydrogen-bond donors (Lipinski definition) is 2. The van der Waals surface area contributed by atoms with Crippen molar-refractivity contribution < 1.29 is 9.84 Å². The van der Waals surface area contributed by atoms with Gasteiger partial charge < -0.3 is 15.2 Å². The van der Waals surface area contributed by atoms with Crippen molar-refractivity contribution in [2.24, 2.45) is 0 Å². The van der Waals surface area contributed by atoms with Crippen LogP contribution >= 0.6 is 0 Å². The van der Waals surface area contributed by atoms with Gasteiger partial charge >= 0.3 is 0 Å². The Balaban J connectivity index is 1.55. The van der Waals surface area contributed by atoms with Crippen LogP contribution in [0.2, 0.25) is 0 Å². The summed E-state index contributed by atoms with van der Waals surface area (Å²) in [5, 5.41) is 13.6. The van der Waals surface area contributed by atoms with E-state index in [1.54, 1.807) is 0 Å². The molecule has 3 aliphatic rings. The number of nitrogens with one attached hydrogen (secondary N) is 1. The fourth-order valence-electron chi connectivity index (χ4n) is 4.06. The number of hydrogen-bond acceptors (Lipinski definition) is 4. The molecule has 4 nitrogen and oxygen atoms in total. The summed E-state index contributed by atoms with van der Waals surface area (Å²) in [6.45, 7) is 5.50. The van der Waals surface area contributed by atoms with E-state index in [9.17, 15) is 5.11 Å². The van der Waals surface area contributed by atoms with Crippen molar-refractivity contribution in [3.8, 4) is 0 Å². The summed E-state index contributed by atoms with van der Waals surface area (Å²) in [4.78, 5) is 2.62. The van der Waals surface area contributed by atoms with Crippen LogP contribution < -0.4 is 5.32 Å². The monoisotopic (exact) mass is 282 g/mol. The lowest BCUT2D eigenvalue weighted by Crippen LogP contribution is -2.50. The fourth-order valence-corrected chi connectivity index (χ4v) is 4.06. The lowest BCUT2D eigenvalue weighted by molar-refractivity contribution is -0.00806. The molecule has 116 valence electrons. The Hall–Kier alpha value is -0.160. The van der Waals surface area contributed by atoms with Crippen molar-refractivity contribution in [2.75, 3.05) is 26.3 Å². The van der Waals surface area contributed by atoms with E-state index in [-0.39, 0.29) is 5.54 Å². The van der Waals surface area contributed by atoms with Gasteiger partial charge in [0.2, 0.25) is 0 Å². The lowest BCUT2D eigenvalue weighted by Gasteiger charge is -2.37. The topological polar surface area (TPSA) is 44.7 Å². The number of aliphatic hydroxyl groups is 1. The minimum atomic E-state index is 0.00436. The Labute approximate surface area is 122 Å². The molecule has 1 heterocycles. The largest absolute Gasteiger partial charge is 0.394 e. The molecule has 3 atom stereocenters. The van der Waals surface area contributed by atoms with Crippen molar-refractivity contribution in [3.63, 3.8) is 0 Å². The molecule has 0 amide bonds. The third-order valence-electron chi connectivity index (χ3n) is 5.30. The Morgan fingerprint density at radius 1 is 1.30 bits per heavy atom. The first-order valence-electron chi connectivity index (χ1n) is 8.49. The van der Waals surface area contributed by atoms with Crippen LogP contribution in [0, 0.1) is 0 Å². The molecular weight excluding hydrogens is 252 g/mol. The Morgan fingerprint density at radius 3 is 2.85 bits per heavy atom. The van der Waals surface area contributed by atoms with E-state index in [2.05, 4.69) is 17.1 Å². The number of rotatable bonds is 6. The highest BCUT2D eigenvalue weighted by Gasteiger charge is 2.44. The van der Waals surface area contributed by atoms with Gasteiger partial charge in [0.1, 0.15) is 0 Å². The van der Waals surface area contributed by atoms with Gasteiger partial charge in [-0.2, -0.15) is 0 Å². The third kappa shape index (κ3) is 3.35. The summed E-state index contributed by atoms with van der Waals surface area (Å²) in [6, 6.07) is 1.31. The molecule has 2 saturated carbocycles. The van der Waals surface area contributed by atoms with Crippen LogP contribution in [0.3, 0.4) is 0 Å². The molecule has 0 aromatic rings. The highest BCUT2D eigenvalue weighted by molar-refractivity contribution is 5.03. The van der Waals surface area contributed by atoms with Crippen LogP contribution in [0.1, 0.15) is 51.9 Å². The first-order valence-corrected chi connectivity index (χ1v) is 8.49. The van der Waals surface area contributed by atoms with Crippen LogP contribution in [0.25, 0.3) is 0 Å². The second kappa shape index (κ2) is 6.30. The number of aliphatic hydroxyl groups excluding tert-OH is 1.